The summed E-state index contributed by atoms with van der Waals surface area (Å²) in [5, 5.41) is 5.47. The lowest BCUT2D eigenvalue weighted by Crippen LogP contribution is -2.31. The number of hydrogen-bond donors (Lipinski definition) is 2. The Bertz CT molecular complexity index is 950. The summed E-state index contributed by atoms with van der Waals surface area (Å²) in [6.45, 7) is 3.35. The van der Waals surface area contributed by atoms with Gasteiger partial charge in [0.05, 0.1) is 5.56 Å². The number of benzene rings is 2. The second-order valence-electron chi connectivity index (χ2n) is 5.85. The van der Waals surface area contributed by atoms with Crippen molar-refractivity contribution in [3.63, 3.8) is 0 Å². The highest BCUT2D eigenvalue weighted by Gasteiger charge is 2.30. The molecule has 0 bridgehead atoms. The van der Waals surface area contributed by atoms with Gasteiger partial charge < -0.3 is 15.1 Å². The molecule has 136 valence electrons. The summed E-state index contributed by atoms with van der Waals surface area (Å²) < 4.78 is 43.6. The maximum Gasteiger partial charge on any atom is 0.416 e. The molecule has 0 saturated heterocycles. The molecule has 2 N–H and O–H groups in total. The highest BCUT2D eigenvalue weighted by Crippen LogP contribution is 2.30. The molecule has 1 unspecified atom stereocenters. The van der Waals surface area contributed by atoms with E-state index in [1.54, 1.807) is 32.0 Å². The Morgan fingerprint density at radius 1 is 1.15 bits per heavy atom. The summed E-state index contributed by atoms with van der Waals surface area (Å²) in [6, 6.07) is 9.04. The van der Waals surface area contributed by atoms with E-state index < -0.39 is 23.7 Å². The van der Waals surface area contributed by atoms with Crippen LogP contribution in [0, 0.1) is 6.92 Å². The monoisotopic (exact) mass is 363 g/mol. The second-order valence-corrected chi connectivity index (χ2v) is 5.85. The predicted molar refractivity (Wildman–Crippen MR) is 91.9 cm³/mol. The predicted octanol–water partition coefficient (Wildman–Crippen LogP) is 4.59. The minimum atomic E-state index is -4.46. The number of nitrogens with zero attached hydrogens (tertiary/aromatic N) is 1. The van der Waals surface area contributed by atoms with Crippen LogP contribution in [0.5, 0.6) is 0 Å². The SMILES string of the molecule is Cc1nc2cc(NC(C)C(=O)Nc3cccc(C(F)(F)F)c3)ccc2o1. The number of aryl methyl sites for hydroxylation is 1. The quantitative estimate of drug-likeness (QED) is 0.711. The van der Waals surface area contributed by atoms with Crippen molar-refractivity contribution in [1.82, 2.24) is 4.98 Å². The number of halogens is 3. The van der Waals surface area contributed by atoms with E-state index in [1.165, 1.54) is 12.1 Å². The largest absolute Gasteiger partial charge is 0.441 e. The fourth-order valence-corrected chi connectivity index (χ4v) is 2.47. The van der Waals surface area contributed by atoms with Crippen LogP contribution in [0.3, 0.4) is 0 Å². The minimum absolute atomic E-state index is 0.0843. The van der Waals surface area contributed by atoms with Crippen LogP contribution in [-0.4, -0.2) is 16.9 Å². The topological polar surface area (TPSA) is 67.2 Å². The molecule has 1 aromatic heterocycles. The van der Waals surface area contributed by atoms with Crippen molar-refractivity contribution in [2.45, 2.75) is 26.1 Å². The van der Waals surface area contributed by atoms with Crippen molar-refractivity contribution >= 4 is 28.4 Å². The third kappa shape index (κ3) is 3.96. The molecule has 0 aliphatic rings. The van der Waals surface area contributed by atoms with E-state index >= 15 is 0 Å². The number of oxazole rings is 1. The van der Waals surface area contributed by atoms with E-state index in [2.05, 4.69) is 15.6 Å². The normalized spacial score (nSPS) is 12.8. The van der Waals surface area contributed by atoms with Crippen molar-refractivity contribution in [2.24, 2.45) is 0 Å². The summed E-state index contributed by atoms with van der Waals surface area (Å²) >= 11 is 0. The van der Waals surface area contributed by atoms with Crippen LogP contribution >= 0.6 is 0 Å². The molecule has 0 aliphatic carbocycles. The van der Waals surface area contributed by atoms with Crippen LogP contribution in [-0.2, 0) is 11.0 Å². The summed E-state index contributed by atoms with van der Waals surface area (Å²) in [7, 11) is 0. The van der Waals surface area contributed by atoms with Gasteiger partial charge in [-0.25, -0.2) is 4.98 Å². The van der Waals surface area contributed by atoms with E-state index in [0.717, 1.165) is 12.1 Å². The zero-order valence-corrected chi connectivity index (χ0v) is 14.0. The van der Waals surface area contributed by atoms with Gasteiger partial charge in [0.1, 0.15) is 11.6 Å². The highest BCUT2D eigenvalue weighted by molar-refractivity contribution is 5.96. The smallest absolute Gasteiger partial charge is 0.416 e. The molecule has 8 heteroatoms. The lowest BCUT2D eigenvalue weighted by Gasteiger charge is -2.16. The average molecular weight is 363 g/mol. The average Bonchev–Trinajstić information content (AvgIpc) is 2.93. The van der Waals surface area contributed by atoms with Gasteiger partial charge >= 0.3 is 6.18 Å². The van der Waals surface area contributed by atoms with Crippen molar-refractivity contribution < 1.29 is 22.4 Å². The number of aromatic nitrogens is 1. The van der Waals surface area contributed by atoms with Crippen LogP contribution < -0.4 is 10.6 Å². The molecule has 5 nitrogen and oxygen atoms in total. The summed E-state index contributed by atoms with van der Waals surface area (Å²) in [6.07, 6.45) is -4.46. The molecule has 0 fully saturated rings. The van der Waals surface area contributed by atoms with Gasteiger partial charge in [0.2, 0.25) is 5.91 Å². The number of fused-ring (bicyclic) bond motifs is 1. The summed E-state index contributed by atoms with van der Waals surface area (Å²) in [5.41, 5.74) is 1.20. The zero-order valence-electron chi connectivity index (χ0n) is 14.0. The van der Waals surface area contributed by atoms with Gasteiger partial charge in [0, 0.05) is 18.3 Å². The van der Waals surface area contributed by atoms with Crippen molar-refractivity contribution in [3.05, 3.63) is 53.9 Å². The molecule has 3 rings (SSSR count). The fraction of sp³-hybridized carbons (Fsp3) is 0.222. The summed E-state index contributed by atoms with van der Waals surface area (Å²) in [4.78, 5) is 16.5. The Hall–Kier alpha value is -3.03. The van der Waals surface area contributed by atoms with Gasteiger partial charge in [-0.2, -0.15) is 13.2 Å². The fourth-order valence-electron chi connectivity index (χ4n) is 2.47. The molecule has 0 saturated carbocycles. The van der Waals surface area contributed by atoms with E-state index in [1.807, 2.05) is 0 Å². The van der Waals surface area contributed by atoms with Gasteiger partial charge in [-0.1, -0.05) is 6.07 Å². The second kappa shape index (κ2) is 6.70. The number of rotatable bonds is 4. The molecular formula is C18H16F3N3O2. The number of carbonyl (C=O) groups is 1. The first-order valence-corrected chi connectivity index (χ1v) is 7.84. The van der Waals surface area contributed by atoms with E-state index in [0.29, 0.717) is 22.7 Å². The molecule has 1 heterocycles. The van der Waals surface area contributed by atoms with Crippen molar-refractivity contribution in [2.75, 3.05) is 10.6 Å². The number of hydrogen-bond acceptors (Lipinski definition) is 4. The van der Waals surface area contributed by atoms with Gasteiger partial charge in [-0.05, 0) is 43.3 Å². The Morgan fingerprint density at radius 2 is 1.92 bits per heavy atom. The number of nitrogens with one attached hydrogen (secondary N) is 2. The van der Waals surface area contributed by atoms with Crippen LogP contribution in [0.4, 0.5) is 24.5 Å². The van der Waals surface area contributed by atoms with E-state index in [-0.39, 0.29) is 5.69 Å². The van der Waals surface area contributed by atoms with Crippen LogP contribution in [0.1, 0.15) is 18.4 Å². The van der Waals surface area contributed by atoms with Crippen molar-refractivity contribution in [1.29, 1.82) is 0 Å². The number of amides is 1. The molecule has 0 spiro atoms. The third-order valence-electron chi connectivity index (χ3n) is 3.73. The Balaban J connectivity index is 1.69. The minimum Gasteiger partial charge on any atom is -0.441 e. The lowest BCUT2D eigenvalue weighted by atomic mass is 10.2. The number of anilines is 2. The number of alkyl halides is 3. The molecule has 26 heavy (non-hydrogen) atoms. The standard InChI is InChI=1S/C18H16F3N3O2/c1-10(22-14-6-7-16-15(9-14)23-11(2)26-16)17(25)24-13-5-3-4-12(8-13)18(19,20)21/h3-10,22H,1-2H3,(H,24,25). The Kier molecular flexibility index (Phi) is 4.58. The Morgan fingerprint density at radius 3 is 2.65 bits per heavy atom. The molecule has 1 atom stereocenters. The highest BCUT2D eigenvalue weighted by atomic mass is 19.4. The maximum atomic E-state index is 12.7. The first-order valence-electron chi connectivity index (χ1n) is 7.84. The molecule has 1 amide bonds. The molecular weight excluding hydrogens is 347 g/mol. The molecule has 0 aliphatic heterocycles. The lowest BCUT2D eigenvalue weighted by molar-refractivity contribution is -0.137. The molecule has 3 aromatic rings. The first-order chi connectivity index (χ1) is 12.2. The maximum absolute atomic E-state index is 12.7. The molecule has 2 aromatic carbocycles. The third-order valence-corrected chi connectivity index (χ3v) is 3.73. The first kappa shape index (κ1) is 17.8. The number of carbonyl (C=O) groups excluding carboxylic acids is 1. The summed E-state index contributed by atoms with van der Waals surface area (Å²) in [5.74, 6) is 0.0771. The van der Waals surface area contributed by atoms with Crippen molar-refractivity contribution in [3.8, 4) is 0 Å². The van der Waals surface area contributed by atoms with Crippen LogP contribution in [0.25, 0.3) is 11.1 Å². The van der Waals surface area contributed by atoms with Gasteiger partial charge in [-0.3, -0.25) is 4.79 Å². The van der Waals surface area contributed by atoms with Crippen LogP contribution in [0.2, 0.25) is 0 Å². The Labute approximate surface area is 147 Å². The van der Waals surface area contributed by atoms with E-state index in [9.17, 15) is 18.0 Å². The van der Waals surface area contributed by atoms with Gasteiger partial charge in [0.15, 0.2) is 11.5 Å². The van der Waals surface area contributed by atoms with Gasteiger partial charge in [0.25, 0.3) is 0 Å². The zero-order chi connectivity index (χ0) is 18.9. The van der Waals surface area contributed by atoms with Crippen LogP contribution in [0.15, 0.2) is 46.9 Å². The van der Waals surface area contributed by atoms with Gasteiger partial charge in [-0.15, -0.1) is 0 Å². The van der Waals surface area contributed by atoms with E-state index in [4.69, 9.17) is 4.42 Å². The molecule has 0 radical (unpaired) electrons.